The minimum atomic E-state index is -0.380. The van der Waals surface area contributed by atoms with E-state index in [0.29, 0.717) is 5.69 Å². The number of benzene rings is 1. The van der Waals surface area contributed by atoms with Gasteiger partial charge in [0.2, 0.25) is 0 Å². The monoisotopic (exact) mass is 213 g/mol. The number of pyridine rings is 1. The van der Waals surface area contributed by atoms with Gasteiger partial charge in [-0.15, -0.1) is 0 Å². The summed E-state index contributed by atoms with van der Waals surface area (Å²) in [7, 11) is 0. The summed E-state index contributed by atoms with van der Waals surface area (Å²) in [5, 5.41) is 1.06. The lowest BCUT2D eigenvalue weighted by molar-refractivity contribution is 0.0853. The van der Waals surface area contributed by atoms with Crippen LogP contribution in [0.25, 0.3) is 10.9 Å². The molecule has 0 amide bonds. The molecular weight excluding hydrogens is 198 g/mol. The number of hydrogen-bond acceptors (Lipinski definition) is 2. The Hall–Kier alpha value is -1.70. The zero-order valence-electron chi connectivity index (χ0n) is 9.82. The van der Waals surface area contributed by atoms with E-state index in [9.17, 15) is 4.79 Å². The number of carbonyl (C=O) groups is 1. The standard InChI is InChI=1S/C14H15NO/c1-14(2,3)13(16)12-9-8-10-6-4-5-7-11(10)15-12/h4-9H,1-3H3. The third-order valence-corrected chi connectivity index (χ3v) is 2.51. The Kier molecular flexibility index (Phi) is 2.50. The van der Waals surface area contributed by atoms with Gasteiger partial charge in [-0.3, -0.25) is 4.79 Å². The molecule has 0 saturated heterocycles. The Morgan fingerprint density at radius 1 is 1.06 bits per heavy atom. The molecule has 16 heavy (non-hydrogen) atoms. The fraction of sp³-hybridized carbons (Fsp3) is 0.286. The van der Waals surface area contributed by atoms with Crippen LogP contribution in [0.4, 0.5) is 0 Å². The highest BCUT2D eigenvalue weighted by Gasteiger charge is 2.23. The largest absolute Gasteiger partial charge is 0.292 e. The fourth-order valence-corrected chi connectivity index (χ4v) is 1.58. The number of aromatic nitrogens is 1. The average Bonchev–Trinajstić information content (AvgIpc) is 2.26. The lowest BCUT2D eigenvalue weighted by Crippen LogP contribution is -2.21. The molecule has 0 N–H and O–H groups in total. The molecule has 2 nitrogen and oxygen atoms in total. The summed E-state index contributed by atoms with van der Waals surface area (Å²) in [5.41, 5.74) is 1.04. The molecule has 2 heteroatoms. The van der Waals surface area contributed by atoms with Gasteiger partial charge in [0.05, 0.1) is 5.52 Å². The third-order valence-electron chi connectivity index (χ3n) is 2.51. The van der Waals surface area contributed by atoms with Crippen molar-refractivity contribution >= 4 is 16.7 Å². The van der Waals surface area contributed by atoms with E-state index in [-0.39, 0.29) is 11.2 Å². The Balaban J connectivity index is 2.52. The van der Waals surface area contributed by atoms with Crippen LogP contribution in [0.1, 0.15) is 31.3 Å². The molecule has 0 fully saturated rings. The van der Waals surface area contributed by atoms with Gasteiger partial charge in [-0.2, -0.15) is 0 Å². The smallest absolute Gasteiger partial charge is 0.186 e. The SMILES string of the molecule is CC(C)(C)C(=O)c1ccc2ccccc2n1. The van der Waals surface area contributed by atoms with Crippen LogP contribution < -0.4 is 0 Å². The van der Waals surface area contributed by atoms with Crippen molar-refractivity contribution in [2.75, 3.05) is 0 Å². The number of nitrogens with zero attached hydrogens (tertiary/aromatic N) is 1. The number of Topliss-reactive ketones (excluding diaryl/α,β-unsaturated/α-hetero) is 1. The van der Waals surface area contributed by atoms with Crippen LogP contribution in [0.3, 0.4) is 0 Å². The molecule has 0 aliphatic carbocycles. The zero-order valence-corrected chi connectivity index (χ0v) is 9.82. The van der Waals surface area contributed by atoms with E-state index in [1.54, 1.807) is 6.07 Å². The van der Waals surface area contributed by atoms with Crippen molar-refractivity contribution in [3.8, 4) is 0 Å². The van der Waals surface area contributed by atoms with Crippen LogP contribution in [0, 0.1) is 5.41 Å². The lowest BCUT2D eigenvalue weighted by Gasteiger charge is -2.15. The van der Waals surface area contributed by atoms with E-state index >= 15 is 0 Å². The van der Waals surface area contributed by atoms with Crippen molar-refractivity contribution in [2.45, 2.75) is 20.8 Å². The third kappa shape index (κ3) is 1.96. The van der Waals surface area contributed by atoms with Crippen molar-refractivity contribution in [1.82, 2.24) is 4.98 Å². The highest BCUT2D eigenvalue weighted by Crippen LogP contribution is 2.21. The molecule has 82 valence electrons. The minimum absolute atomic E-state index is 0.0817. The van der Waals surface area contributed by atoms with Gasteiger partial charge in [0, 0.05) is 10.8 Å². The van der Waals surface area contributed by atoms with Crippen molar-refractivity contribution in [1.29, 1.82) is 0 Å². The number of para-hydroxylation sites is 1. The predicted molar refractivity (Wildman–Crippen MR) is 65.5 cm³/mol. The highest BCUT2D eigenvalue weighted by molar-refractivity contribution is 5.99. The Morgan fingerprint density at radius 3 is 2.44 bits per heavy atom. The van der Waals surface area contributed by atoms with Crippen molar-refractivity contribution in [2.24, 2.45) is 5.41 Å². The lowest BCUT2D eigenvalue weighted by atomic mass is 9.88. The number of carbonyl (C=O) groups excluding carboxylic acids is 1. The van der Waals surface area contributed by atoms with E-state index in [4.69, 9.17) is 0 Å². The number of hydrogen-bond donors (Lipinski definition) is 0. The molecule has 0 radical (unpaired) electrons. The fourth-order valence-electron chi connectivity index (χ4n) is 1.58. The molecule has 1 heterocycles. The second-order valence-electron chi connectivity index (χ2n) is 4.97. The van der Waals surface area contributed by atoms with Gasteiger partial charge in [0.25, 0.3) is 0 Å². The van der Waals surface area contributed by atoms with Crippen molar-refractivity contribution < 1.29 is 4.79 Å². The van der Waals surface area contributed by atoms with Crippen LogP contribution in [0.5, 0.6) is 0 Å². The average molecular weight is 213 g/mol. The topological polar surface area (TPSA) is 30.0 Å². The summed E-state index contributed by atoms with van der Waals surface area (Å²) in [4.78, 5) is 16.4. The number of ketones is 1. The minimum Gasteiger partial charge on any atom is -0.292 e. The van der Waals surface area contributed by atoms with E-state index < -0.39 is 0 Å². The molecule has 0 atom stereocenters. The maximum Gasteiger partial charge on any atom is 0.186 e. The van der Waals surface area contributed by atoms with E-state index in [2.05, 4.69) is 4.98 Å². The van der Waals surface area contributed by atoms with Gasteiger partial charge in [0.1, 0.15) is 5.69 Å². The predicted octanol–water partition coefficient (Wildman–Crippen LogP) is 3.46. The van der Waals surface area contributed by atoms with Gasteiger partial charge >= 0.3 is 0 Å². The first-order valence-corrected chi connectivity index (χ1v) is 5.39. The molecule has 0 spiro atoms. The van der Waals surface area contributed by atoms with Gasteiger partial charge in [0.15, 0.2) is 5.78 Å². The Bertz CT molecular complexity index is 538. The molecule has 2 aromatic rings. The molecule has 0 aliphatic rings. The summed E-state index contributed by atoms with van der Waals surface area (Å²) < 4.78 is 0. The van der Waals surface area contributed by atoms with E-state index in [1.807, 2.05) is 51.1 Å². The highest BCUT2D eigenvalue weighted by atomic mass is 16.1. The van der Waals surface area contributed by atoms with Gasteiger partial charge in [-0.25, -0.2) is 4.98 Å². The Labute approximate surface area is 95.3 Å². The maximum absolute atomic E-state index is 12.0. The van der Waals surface area contributed by atoms with Crippen LogP contribution >= 0.6 is 0 Å². The second kappa shape index (κ2) is 3.71. The van der Waals surface area contributed by atoms with Crippen molar-refractivity contribution in [3.63, 3.8) is 0 Å². The maximum atomic E-state index is 12.0. The van der Waals surface area contributed by atoms with Crippen LogP contribution in [0.15, 0.2) is 36.4 Å². The quantitative estimate of drug-likeness (QED) is 0.679. The summed E-state index contributed by atoms with van der Waals surface area (Å²) in [5.74, 6) is 0.0817. The number of fused-ring (bicyclic) bond motifs is 1. The Morgan fingerprint density at radius 2 is 1.75 bits per heavy atom. The van der Waals surface area contributed by atoms with Crippen LogP contribution in [0.2, 0.25) is 0 Å². The van der Waals surface area contributed by atoms with Gasteiger partial charge in [-0.1, -0.05) is 45.0 Å². The van der Waals surface area contributed by atoms with Gasteiger partial charge in [-0.05, 0) is 12.1 Å². The molecule has 0 bridgehead atoms. The molecular formula is C14H15NO. The molecule has 0 aliphatic heterocycles. The van der Waals surface area contributed by atoms with Crippen LogP contribution in [-0.4, -0.2) is 10.8 Å². The molecule has 1 aromatic heterocycles. The summed E-state index contributed by atoms with van der Waals surface area (Å²) in [6.07, 6.45) is 0. The molecule has 0 saturated carbocycles. The van der Waals surface area contributed by atoms with E-state index in [0.717, 1.165) is 10.9 Å². The summed E-state index contributed by atoms with van der Waals surface area (Å²) >= 11 is 0. The first kappa shape index (κ1) is 10.8. The molecule has 2 rings (SSSR count). The molecule has 1 aromatic carbocycles. The first-order valence-electron chi connectivity index (χ1n) is 5.39. The van der Waals surface area contributed by atoms with Gasteiger partial charge < -0.3 is 0 Å². The summed E-state index contributed by atoms with van der Waals surface area (Å²) in [6.45, 7) is 5.73. The zero-order chi connectivity index (χ0) is 11.8. The van der Waals surface area contributed by atoms with Crippen molar-refractivity contribution in [3.05, 3.63) is 42.1 Å². The number of rotatable bonds is 1. The second-order valence-corrected chi connectivity index (χ2v) is 4.97. The van der Waals surface area contributed by atoms with E-state index in [1.165, 1.54) is 0 Å². The summed E-state index contributed by atoms with van der Waals surface area (Å²) in [6, 6.07) is 11.6. The van der Waals surface area contributed by atoms with Crippen LogP contribution in [-0.2, 0) is 0 Å². The molecule has 0 unspecified atom stereocenters. The first-order chi connectivity index (χ1) is 7.48. The normalized spacial score (nSPS) is 11.7.